The summed E-state index contributed by atoms with van der Waals surface area (Å²) in [5.41, 5.74) is 0.111. The molecule has 0 amide bonds. The van der Waals surface area contributed by atoms with E-state index in [2.05, 4.69) is 39.9 Å². The zero-order valence-corrected chi connectivity index (χ0v) is 13.1. The third-order valence-electron chi connectivity index (χ3n) is 4.15. The Kier molecular flexibility index (Phi) is 6.65. The summed E-state index contributed by atoms with van der Waals surface area (Å²) in [6.45, 7) is 13.1. The molecule has 0 unspecified atom stereocenters. The maximum absolute atomic E-state index is 6.31. The lowest BCUT2D eigenvalue weighted by atomic mass is 9.77. The van der Waals surface area contributed by atoms with Gasteiger partial charge in [-0.2, -0.15) is 0 Å². The van der Waals surface area contributed by atoms with Crippen molar-refractivity contribution in [3.05, 3.63) is 0 Å². The van der Waals surface area contributed by atoms with Crippen LogP contribution in [0, 0.1) is 11.8 Å². The molecular formula is C16H33NO. The Morgan fingerprint density at radius 3 is 2.22 bits per heavy atom. The molecule has 1 aliphatic carbocycles. The number of ether oxygens (including phenoxy) is 1. The van der Waals surface area contributed by atoms with Crippen LogP contribution in [0.3, 0.4) is 0 Å². The van der Waals surface area contributed by atoms with Crippen LogP contribution in [-0.4, -0.2) is 24.8 Å². The molecule has 1 aliphatic rings. The Morgan fingerprint density at radius 1 is 1.17 bits per heavy atom. The van der Waals surface area contributed by atoms with E-state index in [1.54, 1.807) is 0 Å². The second kappa shape index (κ2) is 7.49. The van der Waals surface area contributed by atoms with Crippen molar-refractivity contribution >= 4 is 0 Å². The summed E-state index contributed by atoms with van der Waals surface area (Å²) < 4.78 is 6.31. The van der Waals surface area contributed by atoms with Gasteiger partial charge in [-0.1, -0.05) is 41.0 Å². The average molecular weight is 255 g/mol. The van der Waals surface area contributed by atoms with E-state index in [1.165, 1.54) is 32.1 Å². The van der Waals surface area contributed by atoms with Gasteiger partial charge in [0.2, 0.25) is 0 Å². The molecule has 0 radical (unpaired) electrons. The molecule has 1 saturated carbocycles. The van der Waals surface area contributed by atoms with E-state index in [4.69, 9.17) is 4.74 Å². The molecule has 0 aliphatic heterocycles. The van der Waals surface area contributed by atoms with Crippen LogP contribution in [0.15, 0.2) is 0 Å². The molecule has 0 spiro atoms. The zero-order chi connectivity index (χ0) is 13.6. The highest BCUT2D eigenvalue weighted by Gasteiger charge is 2.35. The predicted octanol–water partition coefficient (Wildman–Crippen LogP) is 4.00. The first-order valence-corrected chi connectivity index (χ1v) is 7.85. The van der Waals surface area contributed by atoms with Crippen LogP contribution in [0.1, 0.15) is 66.7 Å². The fraction of sp³-hybridized carbons (Fsp3) is 1.00. The molecule has 0 aromatic heterocycles. The fourth-order valence-corrected chi connectivity index (χ4v) is 2.72. The van der Waals surface area contributed by atoms with Gasteiger partial charge < -0.3 is 10.1 Å². The Labute approximate surface area is 114 Å². The number of hydrogen-bond donors (Lipinski definition) is 1. The lowest BCUT2D eigenvalue weighted by Crippen LogP contribution is -2.48. The molecule has 108 valence electrons. The van der Waals surface area contributed by atoms with Gasteiger partial charge >= 0.3 is 0 Å². The Morgan fingerprint density at radius 2 is 1.78 bits per heavy atom. The quantitative estimate of drug-likeness (QED) is 0.742. The number of rotatable bonds is 7. The Bertz CT molecular complexity index is 203. The van der Waals surface area contributed by atoms with Crippen molar-refractivity contribution in [3.63, 3.8) is 0 Å². The van der Waals surface area contributed by atoms with Crippen LogP contribution in [0.25, 0.3) is 0 Å². The second-order valence-corrected chi connectivity index (χ2v) is 6.78. The van der Waals surface area contributed by atoms with E-state index in [0.29, 0.717) is 12.0 Å². The van der Waals surface area contributed by atoms with Gasteiger partial charge in [0, 0.05) is 19.2 Å². The highest BCUT2D eigenvalue weighted by Crippen LogP contribution is 2.36. The molecule has 0 bridgehead atoms. The molecule has 1 fully saturated rings. The largest absolute Gasteiger partial charge is 0.373 e. The molecule has 2 heteroatoms. The molecule has 0 aromatic carbocycles. The first-order valence-electron chi connectivity index (χ1n) is 7.85. The molecule has 0 heterocycles. The van der Waals surface area contributed by atoms with E-state index in [-0.39, 0.29) is 5.60 Å². The Hall–Kier alpha value is -0.0800. The van der Waals surface area contributed by atoms with Gasteiger partial charge in [0.15, 0.2) is 0 Å². The van der Waals surface area contributed by atoms with E-state index < -0.39 is 0 Å². The van der Waals surface area contributed by atoms with E-state index in [0.717, 1.165) is 19.1 Å². The molecule has 0 saturated heterocycles. The molecule has 18 heavy (non-hydrogen) atoms. The molecular weight excluding hydrogens is 222 g/mol. The van der Waals surface area contributed by atoms with Crippen molar-refractivity contribution in [1.82, 2.24) is 5.32 Å². The summed E-state index contributed by atoms with van der Waals surface area (Å²) in [4.78, 5) is 0. The maximum atomic E-state index is 6.31. The van der Waals surface area contributed by atoms with Crippen LogP contribution in [0.2, 0.25) is 0 Å². The summed E-state index contributed by atoms with van der Waals surface area (Å²) >= 11 is 0. The molecule has 0 atom stereocenters. The summed E-state index contributed by atoms with van der Waals surface area (Å²) in [7, 11) is 0. The summed E-state index contributed by atoms with van der Waals surface area (Å²) in [5.74, 6) is 1.56. The predicted molar refractivity (Wildman–Crippen MR) is 78.9 cm³/mol. The standard InChI is InChI=1S/C16H33NO/c1-6-15-7-9-16(10-8-15,12-17-14(4)5)18-11-13(2)3/h13-15,17H,6-12H2,1-5H3. The monoisotopic (exact) mass is 255 g/mol. The third kappa shape index (κ3) is 5.27. The van der Waals surface area contributed by atoms with Gasteiger partial charge in [0.1, 0.15) is 0 Å². The fourth-order valence-electron chi connectivity index (χ4n) is 2.72. The topological polar surface area (TPSA) is 21.3 Å². The minimum Gasteiger partial charge on any atom is -0.373 e. The van der Waals surface area contributed by atoms with Crippen molar-refractivity contribution in [3.8, 4) is 0 Å². The molecule has 1 N–H and O–H groups in total. The highest BCUT2D eigenvalue weighted by molar-refractivity contribution is 4.89. The zero-order valence-electron chi connectivity index (χ0n) is 13.1. The van der Waals surface area contributed by atoms with Crippen LogP contribution in [-0.2, 0) is 4.74 Å². The molecule has 0 aromatic rings. The summed E-state index contributed by atoms with van der Waals surface area (Å²) in [6.07, 6.45) is 6.48. The Balaban J connectivity index is 2.52. The van der Waals surface area contributed by atoms with Gasteiger partial charge in [-0.05, 0) is 37.5 Å². The van der Waals surface area contributed by atoms with Crippen molar-refractivity contribution < 1.29 is 4.74 Å². The van der Waals surface area contributed by atoms with Crippen molar-refractivity contribution in [1.29, 1.82) is 0 Å². The smallest absolute Gasteiger partial charge is 0.0806 e. The van der Waals surface area contributed by atoms with E-state index >= 15 is 0 Å². The van der Waals surface area contributed by atoms with Crippen LogP contribution in [0.4, 0.5) is 0 Å². The van der Waals surface area contributed by atoms with Crippen LogP contribution in [0.5, 0.6) is 0 Å². The SMILES string of the molecule is CCC1CCC(CNC(C)C)(OCC(C)C)CC1. The first-order chi connectivity index (χ1) is 8.47. The second-order valence-electron chi connectivity index (χ2n) is 6.78. The average Bonchev–Trinajstić information content (AvgIpc) is 2.35. The minimum atomic E-state index is 0.111. The van der Waals surface area contributed by atoms with Crippen LogP contribution < -0.4 is 5.32 Å². The highest BCUT2D eigenvalue weighted by atomic mass is 16.5. The number of hydrogen-bond acceptors (Lipinski definition) is 2. The summed E-state index contributed by atoms with van der Waals surface area (Å²) in [5, 5.41) is 3.59. The van der Waals surface area contributed by atoms with Gasteiger partial charge in [-0.15, -0.1) is 0 Å². The van der Waals surface area contributed by atoms with Crippen LogP contribution >= 0.6 is 0 Å². The third-order valence-corrected chi connectivity index (χ3v) is 4.15. The summed E-state index contributed by atoms with van der Waals surface area (Å²) in [6, 6.07) is 0.549. The molecule has 2 nitrogen and oxygen atoms in total. The van der Waals surface area contributed by atoms with Gasteiger partial charge in [-0.25, -0.2) is 0 Å². The maximum Gasteiger partial charge on any atom is 0.0806 e. The van der Waals surface area contributed by atoms with E-state index in [1.807, 2.05) is 0 Å². The van der Waals surface area contributed by atoms with Gasteiger partial charge in [0.05, 0.1) is 5.60 Å². The van der Waals surface area contributed by atoms with Gasteiger partial charge in [0.25, 0.3) is 0 Å². The minimum absolute atomic E-state index is 0.111. The lowest BCUT2D eigenvalue weighted by Gasteiger charge is -2.41. The van der Waals surface area contributed by atoms with E-state index in [9.17, 15) is 0 Å². The lowest BCUT2D eigenvalue weighted by molar-refractivity contribution is -0.0865. The van der Waals surface area contributed by atoms with Gasteiger partial charge in [-0.3, -0.25) is 0 Å². The van der Waals surface area contributed by atoms with Crippen molar-refractivity contribution in [2.45, 2.75) is 78.4 Å². The number of nitrogens with one attached hydrogen (secondary N) is 1. The molecule has 1 rings (SSSR count). The van der Waals surface area contributed by atoms with Crippen molar-refractivity contribution in [2.24, 2.45) is 11.8 Å². The van der Waals surface area contributed by atoms with Crippen molar-refractivity contribution in [2.75, 3.05) is 13.2 Å². The normalized spacial score (nSPS) is 29.2. The first kappa shape index (κ1) is 16.0.